The Morgan fingerprint density at radius 1 is 1.62 bits per heavy atom. The zero-order valence-electron chi connectivity index (χ0n) is 9.08. The highest BCUT2D eigenvalue weighted by atomic mass is 79.9. The molecule has 0 aromatic heterocycles. The normalized spacial score (nSPS) is 20.8. The first-order valence-corrected chi connectivity index (χ1v) is 6.56. The fourth-order valence-electron chi connectivity index (χ4n) is 1.58. The lowest BCUT2D eigenvalue weighted by Crippen LogP contribution is -2.09. The summed E-state index contributed by atoms with van der Waals surface area (Å²) in [6.45, 7) is 3.59. The Hall–Kier alpha value is -0.0900. The third-order valence-corrected chi connectivity index (χ3v) is 4.01. The van der Waals surface area contributed by atoms with Gasteiger partial charge in [-0.3, -0.25) is 0 Å². The van der Waals surface area contributed by atoms with Gasteiger partial charge in [-0.05, 0) is 34.0 Å². The fraction of sp³-hybridized carbons (Fsp3) is 0.500. The smallest absolute Gasteiger partial charge is 0.104 e. The van der Waals surface area contributed by atoms with Gasteiger partial charge in [0.2, 0.25) is 0 Å². The molecule has 2 atom stereocenters. The second kappa shape index (κ2) is 5.50. The summed E-state index contributed by atoms with van der Waals surface area (Å²) in [5, 5.41) is 0.724. The van der Waals surface area contributed by atoms with Gasteiger partial charge in [-0.2, -0.15) is 0 Å². The summed E-state index contributed by atoms with van der Waals surface area (Å²) in [4.78, 5) is 0. The van der Waals surface area contributed by atoms with Crippen molar-refractivity contribution in [3.05, 3.63) is 33.3 Å². The summed E-state index contributed by atoms with van der Waals surface area (Å²) >= 11 is 9.56. The predicted octanol–water partition coefficient (Wildman–Crippen LogP) is 3.97. The largest absolute Gasteiger partial charge is 0.371 e. The molecular weight excluding hydrogens is 291 g/mol. The van der Waals surface area contributed by atoms with Gasteiger partial charge in [0.1, 0.15) is 6.10 Å². The van der Waals surface area contributed by atoms with Crippen LogP contribution >= 0.6 is 27.5 Å². The molecule has 1 fully saturated rings. The van der Waals surface area contributed by atoms with Crippen LogP contribution in [0.1, 0.15) is 25.0 Å². The first-order chi connectivity index (χ1) is 7.72. The molecular formula is C12H14BrClO2. The minimum Gasteiger partial charge on any atom is -0.371 e. The Bertz CT molecular complexity index is 366. The second-order valence-electron chi connectivity index (χ2n) is 3.83. The number of ether oxygens (including phenoxy) is 2. The molecule has 0 saturated carbocycles. The molecule has 0 amide bonds. The molecule has 0 radical (unpaired) electrons. The molecule has 2 rings (SSSR count). The van der Waals surface area contributed by atoms with Crippen LogP contribution in [0.2, 0.25) is 5.02 Å². The van der Waals surface area contributed by atoms with E-state index in [1.54, 1.807) is 0 Å². The average molecular weight is 306 g/mol. The lowest BCUT2D eigenvalue weighted by molar-refractivity contribution is 0.0390. The molecule has 16 heavy (non-hydrogen) atoms. The molecule has 0 aliphatic carbocycles. The van der Waals surface area contributed by atoms with Crippen LogP contribution in [-0.2, 0) is 9.47 Å². The van der Waals surface area contributed by atoms with Crippen LogP contribution in [0.15, 0.2) is 22.7 Å². The fourth-order valence-corrected chi connectivity index (χ4v) is 2.29. The van der Waals surface area contributed by atoms with Gasteiger partial charge in [-0.15, -0.1) is 0 Å². The van der Waals surface area contributed by atoms with Crippen molar-refractivity contribution in [3.8, 4) is 0 Å². The zero-order chi connectivity index (χ0) is 11.5. The number of rotatable bonds is 5. The molecule has 1 saturated heterocycles. The van der Waals surface area contributed by atoms with Gasteiger partial charge >= 0.3 is 0 Å². The van der Waals surface area contributed by atoms with Crippen molar-refractivity contribution in [1.29, 1.82) is 0 Å². The summed E-state index contributed by atoms with van der Waals surface area (Å²) in [6.07, 6.45) is 1.30. The molecule has 0 spiro atoms. The third kappa shape index (κ3) is 2.98. The summed E-state index contributed by atoms with van der Waals surface area (Å²) < 4.78 is 11.9. The molecule has 0 N–H and O–H groups in total. The van der Waals surface area contributed by atoms with Crippen molar-refractivity contribution in [1.82, 2.24) is 0 Å². The maximum atomic E-state index is 6.06. The molecule has 1 aromatic carbocycles. The van der Waals surface area contributed by atoms with Crippen LogP contribution in [0, 0.1) is 0 Å². The molecule has 0 unspecified atom stereocenters. The molecule has 88 valence electrons. The van der Waals surface area contributed by atoms with Gasteiger partial charge in [-0.1, -0.05) is 30.7 Å². The molecule has 1 aromatic rings. The van der Waals surface area contributed by atoms with E-state index in [9.17, 15) is 0 Å². The van der Waals surface area contributed by atoms with Gasteiger partial charge in [0.15, 0.2) is 0 Å². The van der Waals surface area contributed by atoms with Gasteiger partial charge < -0.3 is 9.47 Å². The quantitative estimate of drug-likeness (QED) is 0.768. The van der Waals surface area contributed by atoms with Crippen LogP contribution < -0.4 is 0 Å². The van der Waals surface area contributed by atoms with Crippen LogP contribution in [0.25, 0.3) is 0 Å². The van der Waals surface area contributed by atoms with Crippen LogP contribution in [0.4, 0.5) is 0 Å². The average Bonchev–Trinajstić information content (AvgIpc) is 3.08. The van der Waals surface area contributed by atoms with E-state index in [1.807, 2.05) is 18.2 Å². The predicted molar refractivity (Wildman–Crippen MR) is 67.9 cm³/mol. The Labute approximate surface area is 109 Å². The van der Waals surface area contributed by atoms with E-state index < -0.39 is 0 Å². The Kier molecular flexibility index (Phi) is 4.25. The van der Waals surface area contributed by atoms with E-state index in [2.05, 4.69) is 22.9 Å². The van der Waals surface area contributed by atoms with Crippen molar-refractivity contribution in [2.75, 3.05) is 13.2 Å². The molecule has 1 heterocycles. The van der Waals surface area contributed by atoms with E-state index in [1.165, 1.54) is 0 Å². The highest BCUT2D eigenvalue weighted by Crippen LogP contribution is 2.33. The molecule has 1 aliphatic heterocycles. The maximum Gasteiger partial charge on any atom is 0.104 e. The highest BCUT2D eigenvalue weighted by molar-refractivity contribution is 9.10. The Balaban J connectivity index is 2.08. The summed E-state index contributed by atoms with van der Waals surface area (Å²) in [6, 6.07) is 5.85. The molecule has 1 aliphatic rings. The summed E-state index contributed by atoms with van der Waals surface area (Å²) in [5.41, 5.74) is 1.11. The summed E-state index contributed by atoms with van der Waals surface area (Å²) in [7, 11) is 0. The SMILES string of the molecule is CC[C@@H](OC[C@H]1CO1)c1cccc(Cl)c1Br. The number of hydrogen-bond donors (Lipinski definition) is 0. The standard InChI is InChI=1S/C12H14BrClO2/c1-2-11(16-7-8-6-15-8)9-4-3-5-10(14)12(9)13/h3-5,8,11H,2,6-7H2,1H3/t8-,11-/m1/s1. The van der Waals surface area contributed by atoms with Crippen molar-refractivity contribution in [3.63, 3.8) is 0 Å². The van der Waals surface area contributed by atoms with Gasteiger partial charge in [0.25, 0.3) is 0 Å². The Morgan fingerprint density at radius 2 is 2.38 bits per heavy atom. The van der Waals surface area contributed by atoms with Crippen LogP contribution in [0.3, 0.4) is 0 Å². The first kappa shape index (κ1) is 12.4. The number of hydrogen-bond acceptors (Lipinski definition) is 2. The number of benzene rings is 1. The van der Waals surface area contributed by atoms with Crippen molar-refractivity contribution in [2.24, 2.45) is 0 Å². The van der Waals surface area contributed by atoms with Crippen molar-refractivity contribution < 1.29 is 9.47 Å². The van der Waals surface area contributed by atoms with E-state index >= 15 is 0 Å². The van der Waals surface area contributed by atoms with E-state index in [4.69, 9.17) is 21.1 Å². The Morgan fingerprint density at radius 3 is 3.00 bits per heavy atom. The van der Waals surface area contributed by atoms with Crippen LogP contribution in [-0.4, -0.2) is 19.3 Å². The minimum absolute atomic E-state index is 0.0808. The van der Waals surface area contributed by atoms with Crippen LogP contribution in [0.5, 0.6) is 0 Å². The van der Waals surface area contributed by atoms with Gasteiger partial charge in [-0.25, -0.2) is 0 Å². The first-order valence-electron chi connectivity index (χ1n) is 5.39. The zero-order valence-corrected chi connectivity index (χ0v) is 11.4. The highest BCUT2D eigenvalue weighted by Gasteiger charge is 2.25. The molecule has 4 heteroatoms. The van der Waals surface area contributed by atoms with Crippen molar-refractivity contribution in [2.45, 2.75) is 25.6 Å². The second-order valence-corrected chi connectivity index (χ2v) is 5.03. The van der Waals surface area contributed by atoms with E-state index in [0.29, 0.717) is 12.7 Å². The lowest BCUT2D eigenvalue weighted by atomic mass is 10.1. The summed E-state index contributed by atoms with van der Waals surface area (Å²) in [5.74, 6) is 0. The lowest BCUT2D eigenvalue weighted by Gasteiger charge is -2.18. The van der Waals surface area contributed by atoms with Gasteiger partial charge in [0, 0.05) is 4.47 Å². The number of epoxide rings is 1. The molecule has 0 bridgehead atoms. The monoisotopic (exact) mass is 304 g/mol. The maximum absolute atomic E-state index is 6.06. The number of halogens is 2. The topological polar surface area (TPSA) is 21.8 Å². The minimum atomic E-state index is 0.0808. The third-order valence-electron chi connectivity index (χ3n) is 2.58. The van der Waals surface area contributed by atoms with E-state index in [0.717, 1.165) is 28.1 Å². The van der Waals surface area contributed by atoms with Crippen molar-refractivity contribution >= 4 is 27.5 Å². The van der Waals surface area contributed by atoms with E-state index in [-0.39, 0.29) is 6.10 Å². The van der Waals surface area contributed by atoms with Gasteiger partial charge in [0.05, 0.1) is 24.3 Å². The molecule has 2 nitrogen and oxygen atoms in total.